The van der Waals surface area contributed by atoms with Gasteiger partial charge in [-0.1, -0.05) is 36.4 Å². The molecule has 0 aliphatic carbocycles. The van der Waals surface area contributed by atoms with Gasteiger partial charge in [-0.2, -0.15) is 0 Å². The monoisotopic (exact) mass is 212 g/mol. The summed E-state index contributed by atoms with van der Waals surface area (Å²) in [5.41, 5.74) is 3.31. The summed E-state index contributed by atoms with van der Waals surface area (Å²) in [6.07, 6.45) is 0. The van der Waals surface area contributed by atoms with E-state index in [1.165, 1.54) is 17.5 Å². The highest BCUT2D eigenvalue weighted by Crippen LogP contribution is 2.40. The highest BCUT2D eigenvalue weighted by Gasteiger charge is 2.11. The first-order valence-electron chi connectivity index (χ1n) is 4.72. The smallest absolute Gasteiger partial charge is 0.0942 e. The second-order valence-corrected chi connectivity index (χ2v) is 4.07. The largest absolute Gasteiger partial charge is 0.143 e. The van der Waals surface area contributed by atoms with Crippen LogP contribution >= 0.6 is 11.9 Å². The molecule has 1 heterocycles. The third-order valence-electron chi connectivity index (χ3n) is 2.37. The van der Waals surface area contributed by atoms with Gasteiger partial charge in [0, 0.05) is 22.4 Å². The molecule has 2 aromatic carbocycles. The summed E-state index contributed by atoms with van der Waals surface area (Å²) < 4.78 is 4.10. The molecular formula is C12H8N2S. The summed E-state index contributed by atoms with van der Waals surface area (Å²) in [6, 6.07) is 16.3. The molecule has 0 saturated heterocycles. The van der Waals surface area contributed by atoms with Crippen molar-refractivity contribution < 1.29 is 0 Å². The Balaban J connectivity index is 2.33. The van der Waals surface area contributed by atoms with Crippen LogP contribution in [0.4, 0.5) is 5.69 Å². The first kappa shape index (κ1) is 8.68. The fourth-order valence-corrected chi connectivity index (χ4v) is 2.30. The van der Waals surface area contributed by atoms with Crippen molar-refractivity contribution in [2.24, 2.45) is 9.63 Å². The third kappa shape index (κ3) is 1.45. The van der Waals surface area contributed by atoms with Gasteiger partial charge in [0.15, 0.2) is 0 Å². The number of fused-ring (bicyclic) bond motifs is 3. The molecule has 0 amide bonds. The van der Waals surface area contributed by atoms with Gasteiger partial charge in [-0.15, -0.1) is 9.63 Å². The fourth-order valence-electron chi connectivity index (χ4n) is 1.67. The van der Waals surface area contributed by atoms with E-state index in [1.54, 1.807) is 0 Å². The van der Waals surface area contributed by atoms with Gasteiger partial charge in [-0.05, 0) is 17.7 Å². The Morgan fingerprint density at radius 2 is 1.53 bits per heavy atom. The quantitative estimate of drug-likeness (QED) is 0.592. The van der Waals surface area contributed by atoms with Gasteiger partial charge in [0.1, 0.15) is 0 Å². The minimum absolute atomic E-state index is 0.940. The molecule has 0 bridgehead atoms. The SMILES string of the molecule is c1ccc2c(c1)N=NSc1ccccc1-2. The minimum Gasteiger partial charge on any atom is -0.143 e. The van der Waals surface area contributed by atoms with Crippen molar-refractivity contribution in [3.05, 3.63) is 48.5 Å². The summed E-state index contributed by atoms with van der Waals surface area (Å²) in [6.45, 7) is 0. The molecule has 0 saturated carbocycles. The number of nitrogens with zero attached hydrogens (tertiary/aromatic N) is 2. The van der Waals surface area contributed by atoms with E-state index in [0.29, 0.717) is 0 Å². The molecule has 0 fully saturated rings. The Bertz CT molecular complexity index is 535. The van der Waals surface area contributed by atoms with Crippen LogP contribution in [0.15, 0.2) is 63.1 Å². The molecule has 15 heavy (non-hydrogen) atoms. The molecule has 0 atom stereocenters. The van der Waals surface area contributed by atoms with E-state index in [9.17, 15) is 0 Å². The van der Waals surface area contributed by atoms with Crippen LogP contribution in [0.5, 0.6) is 0 Å². The van der Waals surface area contributed by atoms with Crippen molar-refractivity contribution in [3.8, 4) is 11.1 Å². The zero-order chi connectivity index (χ0) is 10.1. The van der Waals surface area contributed by atoms with Crippen LogP contribution < -0.4 is 0 Å². The first-order chi connectivity index (χ1) is 7.45. The summed E-state index contributed by atoms with van der Waals surface area (Å²) in [7, 11) is 0. The summed E-state index contributed by atoms with van der Waals surface area (Å²) in [4.78, 5) is 1.16. The van der Waals surface area contributed by atoms with E-state index in [4.69, 9.17) is 0 Å². The predicted octanol–water partition coefficient (Wildman–Crippen LogP) is 4.46. The molecule has 3 rings (SSSR count). The molecule has 0 aromatic heterocycles. The molecule has 0 radical (unpaired) electrons. The lowest BCUT2D eigenvalue weighted by Gasteiger charge is -2.04. The molecule has 0 spiro atoms. The van der Waals surface area contributed by atoms with Crippen LogP contribution in [0.3, 0.4) is 0 Å². The lowest BCUT2D eigenvalue weighted by Crippen LogP contribution is -1.79. The topological polar surface area (TPSA) is 24.7 Å². The Labute approximate surface area is 92.2 Å². The van der Waals surface area contributed by atoms with E-state index >= 15 is 0 Å². The second-order valence-electron chi connectivity index (χ2n) is 3.29. The van der Waals surface area contributed by atoms with Crippen LogP contribution in [0.2, 0.25) is 0 Å². The van der Waals surface area contributed by atoms with Gasteiger partial charge in [0.05, 0.1) is 5.69 Å². The highest BCUT2D eigenvalue weighted by molar-refractivity contribution is 7.98. The zero-order valence-corrected chi connectivity index (χ0v) is 8.74. The minimum atomic E-state index is 0.940. The van der Waals surface area contributed by atoms with Gasteiger partial charge in [0.25, 0.3) is 0 Å². The van der Waals surface area contributed by atoms with Crippen LogP contribution in [-0.4, -0.2) is 0 Å². The van der Waals surface area contributed by atoms with Crippen LogP contribution in [0, 0.1) is 0 Å². The van der Waals surface area contributed by atoms with E-state index in [-0.39, 0.29) is 0 Å². The average molecular weight is 212 g/mol. The number of rotatable bonds is 0. The van der Waals surface area contributed by atoms with Crippen molar-refractivity contribution in [2.45, 2.75) is 4.90 Å². The maximum absolute atomic E-state index is 4.19. The Kier molecular flexibility index (Phi) is 2.03. The summed E-state index contributed by atoms with van der Waals surface area (Å²) in [5, 5.41) is 4.19. The van der Waals surface area contributed by atoms with Crippen molar-refractivity contribution in [1.29, 1.82) is 0 Å². The zero-order valence-electron chi connectivity index (χ0n) is 7.92. The molecule has 1 aliphatic heterocycles. The molecular weight excluding hydrogens is 204 g/mol. The van der Waals surface area contributed by atoms with Crippen LogP contribution in [-0.2, 0) is 0 Å². The van der Waals surface area contributed by atoms with E-state index in [0.717, 1.165) is 16.1 Å². The summed E-state index contributed by atoms with van der Waals surface area (Å²) in [5.74, 6) is 0. The standard InChI is InChI=1S/C12H8N2S/c1-3-7-11-9(5-1)10-6-2-4-8-12(10)15-14-13-11/h1-8H. The second kappa shape index (κ2) is 3.51. The van der Waals surface area contributed by atoms with Gasteiger partial charge in [-0.3, -0.25) is 0 Å². The number of benzene rings is 2. The molecule has 2 aromatic rings. The highest BCUT2D eigenvalue weighted by atomic mass is 32.2. The number of hydrogen-bond donors (Lipinski definition) is 0. The maximum Gasteiger partial charge on any atom is 0.0942 e. The third-order valence-corrected chi connectivity index (χ3v) is 3.09. The normalized spacial score (nSPS) is 12.8. The Morgan fingerprint density at radius 1 is 0.800 bits per heavy atom. The average Bonchev–Trinajstić information content (AvgIpc) is 2.48. The maximum atomic E-state index is 4.19. The molecule has 1 aliphatic rings. The van der Waals surface area contributed by atoms with Crippen LogP contribution in [0.1, 0.15) is 0 Å². The Hall–Kier alpha value is -1.61. The summed E-state index contributed by atoms with van der Waals surface area (Å²) >= 11 is 1.42. The van der Waals surface area contributed by atoms with E-state index in [1.807, 2.05) is 30.3 Å². The lowest BCUT2D eigenvalue weighted by molar-refractivity contribution is 1.35. The van der Waals surface area contributed by atoms with Gasteiger partial charge in [-0.25, -0.2) is 0 Å². The van der Waals surface area contributed by atoms with Gasteiger partial charge in [0.2, 0.25) is 0 Å². The predicted molar refractivity (Wildman–Crippen MR) is 62.3 cm³/mol. The van der Waals surface area contributed by atoms with Crippen molar-refractivity contribution in [1.82, 2.24) is 0 Å². The first-order valence-corrected chi connectivity index (χ1v) is 5.49. The molecule has 0 unspecified atom stereocenters. The van der Waals surface area contributed by atoms with Crippen molar-refractivity contribution >= 4 is 17.6 Å². The van der Waals surface area contributed by atoms with E-state index in [2.05, 4.69) is 27.8 Å². The van der Waals surface area contributed by atoms with Crippen molar-refractivity contribution in [2.75, 3.05) is 0 Å². The lowest BCUT2D eigenvalue weighted by atomic mass is 10.0. The van der Waals surface area contributed by atoms with E-state index < -0.39 is 0 Å². The molecule has 72 valence electrons. The molecule has 3 heteroatoms. The molecule has 2 nitrogen and oxygen atoms in total. The van der Waals surface area contributed by atoms with Gasteiger partial charge >= 0.3 is 0 Å². The molecule has 0 N–H and O–H groups in total. The Morgan fingerprint density at radius 3 is 2.47 bits per heavy atom. The number of hydrogen-bond acceptors (Lipinski definition) is 3. The fraction of sp³-hybridized carbons (Fsp3) is 0. The van der Waals surface area contributed by atoms with Crippen LogP contribution in [0.25, 0.3) is 11.1 Å². The van der Waals surface area contributed by atoms with Crippen molar-refractivity contribution in [3.63, 3.8) is 0 Å². The van der Waals surface area contributed by atoms with Gasteiger partial charge < -0.3 is 0 Å².